The number of anilines is 1. The lowest BCUT2D eigenvalue weighted by atomic mass is 9.84. The van der Waals surface area contributed by atoms with E-state index in [2.05, 4.69) is 4.98 Å². The number of rotatable bonds is 2. The van der Waals surface area contributed by atoms with Crippen molar-refractivity contribution < 1.29 is 5.11 Å². The maximum absolute atomic E-state index is 11.9. The highest BCUT2D eigenvalue weighted by atomic mass is 16.3. The molecule has 0 radical (unpaired) electrons. The van der Waals surface area contributed by atoms with E-state index >= 15 is 0 Å². The van der Waals surface area contributed by atoms with E-state index in [-0.39, 0.29) is 29.6 Å². The minimum atomic E-state index is -0.339. The van der Waals surface area contributed by atoms with Crippen LogP contribution in [0.5, 0.6) is 0 Å². The van der Waals surface area contributed by atoms with Crippen LogP contribution in [0.2, 0.25) is 0 Å². The third kappa shape index (κ3) is 1.84. The van der Waals surface area contributed by atoms with Crippen LogP contribution in [-0.4, -0.2) is 21.3 Å². The van der Waals surface area contributed by atoms with Crippen molar-refractivity contribution in [2.45, 2.75) is 33.2 Å². The first-order valence-electron chi connectivity index (χ1n) is 6.02. The lowest BCUT2D eigenvalue weighted by molar-refractivity contribution is 0.165. The molecule has 18 heavy (non-hydrogen) atoms. The summed E-state index contributed by atoms with van der Waals surface area (Å²) in [6.07, 6.45) is 2.39. The van der Waals surface area contributed by atoms with Crippen molar-refractivity contribution in [2.75, 3.05) is 12.3 Å². The Morgan fingerprint density at radius 2 is 2.28 bits per heavy atom. The van der Waals surface area contributed by atoms with Gasteiger partial charge in [-0.15, -0.1) is 0 Å². The van der Waals surface area contributed by atoms with Gasteiger partial charge in [0.15, 0.2) is 0 Å². The molecule has 5 heteroatoms. The molecule has 0 amide bonds. The number of nitrogens with zero attached hydrogens (tertiary/aromatic N) is 2. The molecule has 1 aliphatic carbocycles. The van der Waals surface area contributed by atoms with Crippen LogP contribution in [0, 0.1) is 5.41 Å². The fraction of sp³-hybridized carbons (Fsp3) is 0.538. The highest BCUT2D eigenvalue weighted by Gasteiger charge is 2.39. The Morgan fingerprint density at radius 1 is 1.61 bits per heavy atom. The quantitative estimate of drug-likeness (QED) is 0.769. The molecule has 3 N–H and O–H groups in total. The fourth-order valence-electron chi connectivity index (χ4n) is 2.61. The summed E-state index contributed by atoms with van der Waals surface area (Å²) in [5.41, 5.74) is 7.17. The summed E-state index contributed by atoms with van der Waals surface area (Å²) >= 11 is 0. The van der Waals surface area contributed by atoms with Crippen LogP contribution < -0.4 is 11.4 Å². The fourth-order valence-corrected chi connectivity index (χ4v) is 2.61. The molecule has 2 rings (SSSR count). The van der Waals surface area contributed by atoms with Crippen LogP contribution in [-0.2, 0) is 0 Å². The molecule has 98 valence electrons. The first-order valence-corrected chi connectivity index (χ1v) is 6.02. The molecule has 5 nitrogen and oxygen atoms in total. The summed E-state index contributed by atoms with van der Waals surface area (Å²) < 4.78 is 1.59. The molecular weight excluding hydrogens is 230 g/mol. The van der Waals surface area contributed by atoms with Gasteiger partial charge in [-0.3, -0.25) is 4.57 Å². The largest absolute Gasteiger partial charge is 0.395 e. The molecule has 1 aromatic heterocycles. The molecule has 1 aromatic rings. The van der Waals surface area contributed by atoms with E-state index in [1.54, 1.807) is 16.8 Å². The van der Waals surface area contributed by atoms with Crippen LogP contribution in [0.1, 0.15) is 33.2 Å². The van der Waals surface area contributed by atoms with Crippen molar-refractivity contribution in [1.82, 2.24) is 9.55 Å². The third-order valence-electron chi connectivity index (χ3n) is 4.18. The van der Waals surface area contributed by atoms with Gasteiger partial charge in [-0.05, 0) is 26.3 Å². The van der Waals surface area contributed by atoms with Crippen molar-refractivity contribution in [3.8, 4) is 0 Å². The maximum atomic E-state index is 11.9. The molecule has 0 spiro atoms. The zero-order valence-electron chi connectivity index (χ0n) is 11.0. The van der Waals surface area contributed by atoms with Crippen molar-refractivity contribution in [3.05, 3.63) is 33.9 Å². The molecule has 1 heterocycles. The minimum Gasteiger partial charge on any atom is -0.395 e. The van der Waals surface area contributed by atoms with Gasteiger partial charge in [0, 0.05) is 11.6 Å². The smallest absolute Gasteiger partial charge is 0.350 e. The molecule has 0 saturated carbocycles. The number of aliphatic hydroxyl groups is 1. The Labute approximate surface area is 106 Å². The van der Waals surface area contributed by atoms with Gasteiger partial charge in [-0.25, -0.2) is 4.79 Å². The van der Waals surface area contributed by atoms with E-state index < -0.39 is 0 Å². The lowest BCUT2D eigenvalue weighted by Gasteiger charge is -2.24. The topological polar surface area (TPSA) is 81.1 Å². The molecule has 1 aliphatic rings. The van der Waals surface area contributed by atoms with Crippen molar-refractivity contribution in [2.24, 2.45) is 5.41 Å². The first kappa shape index (κ1) is 12.8. The van der Waals surface area contributed by atoms with E-state index in [1.807, 2.05) is 20.8 Å². The van der Waals surface area contributed by atoms with Gasteiger partial charge >= 0.3 is 5.69 Å². The van der Waals surface area contributed by atoms with Crippen LogP contribution >= 0.6 is 0 Å². The van der Waals surface area contributed by atoms with E-state index in [1.165, 1.54) is 0 Å². The minimum absolute atomic E-state index is 0.0391. The number of hydrogen-bond donors (Lipinski definition) is 2. The molecule has 0 bridgehead atoms. The summed E-state index contributed by atoms with van der Waals surface area (Å²) in [5.74, 6) is 0.234. The van der Waals surface area contributed by atoms with Gasteiger partial charge in [0.2, 0.25) is 0 Å². The van der Waals surface area contributed by atoms with Gasteiger partial charge in [0.05, 0.1) is 12.6 Å². The third-order valence-corrected chi connectivity index (χ3v) is 4.18. The average molecular weight is 249 g/mol. The zero-order chi connectivity index (χ0) is 13.5. The number of aliphatic hydroxyl groups excluding tert-OH is 1. The molecule has 0 aliphatic heterocycles. The molecule has 0 saturated heterocycles. The lowest BCUT2D eigenvalue weighted by Crippen LogP contribution is -2.28. The Balaban J connectivity index is 2.46. The second kappa shape index (κ2) is 4.24. The molecule has 0 unspecified atom stereocenters. The van der Waals surface area contributed by atoms with Crippen LogP contribution in [0.15, 0.2) is 28.2 Å². The van der Waals surface area contributed by atoms with Gasteiger partial charge in [0.1, 0.15) is 5.82 Å². The predicted octanol–water partition coefficient (Wildman–Crippen LogP) is 1.11. The van der Waals surface area contributed by atoms with Crippen molar-refractivity contribution in [3.63, 3.8) is 0 Å². The summed E-state index contributed by atoms with van der Waals surface area (Å²) in [6, 6.07) is 1.58. The Hall–Kier alpha value is -1.62. The second-order valence-electron chi connectivity index (χ2n) is 5.29. The summed E-state index contributed by atoms with van der Waals surface area (Å²) in [6.45, 7) is 6.12. The summed E-state index contributed by atoms with van der Waals surface area (Å²) in [7, 11) is 0. The Kier molecular flexibility index (Phi) is 3.02. The molecule has 0 aromatic carbocycles. The number of hydrogen-bond acceptors (Lipinski definition) is 4. The van der Waals surface area contributed by atoms with Crippen LogP contribution in [0.4, 0.5) is 5.82 Å². The first-order chi connectivity index (χ1) is 8.39. The van der Waals surface area contributed by atoms with E-state index in [4.69, 9.17) is 5.73 Å². The monoisotopic (exact) mass is 249 g/mol. The van der Waals surface area contributed by atoms with Crippen molar-refractivity contribution in [1.29, 1.82) is 0 Å². The van der Waals surface area contributed by atoms with Gasteiger partial charge in [0.25, 0.3) is 0 Å². The normalized spacial score (nSPS) is 27.9. The predicted molar refractivity (Wildman–Crippen MR) is 70.1 cm³/mol. The number of aromatic nitrogens is 2. The second-order valence-corrected chi connectivity index (χ2v) is 5.29. The van der Waals surface area contributed by atoms with E-state index in [9.17, 15) is 9.90 Å². The van der Waals surface area contributed by atoms with Crippen LogP contribution in [0.3, 0.4) is 0 Å². The Morgan fingerprint density at radius 3 is 2.78 bits per heavy atom. The van der Waals surface area contributed by atoms with E-state index in [0.29, 0.717) is 6.42 Å². The Bertz CT molecular complexity index is 562. The maximum Gasteiger partial charge on any atom is 0.350 e. The van der Waals surface area contributed by atoms with Gasteiger partial charge in [-0.2, -0.15) is 4.98 Å². The van der Waals surface area contributed by atoms with Gasteiger partial charge < -0.3 is 10.8 Å². The highest BCUT2D eigenvalue weighted by molar-refractivity contribution is 5.30. The zero-order valence-corrected chi connectivity index (χ0v) is 11.0. The molecular formula is C13H19N3O2. The van der Waals surface area contributed by atoms with Crippen LogP contribution in [0.25, 0.3) is 0 Å². The molecule has 0 fully saturated rings. The number of nitrogen functional groups attached to an aromatic ring is 1. The molecule has 2 atom stereocenters. The highest BCUT2D eigenvalue weighted by Crippen LogP contribution is 2.47. The summed E-state index contributed by atoms with van der Waals surface area (Å²) in [4.78, 5) is 15.6. The van der Waals surface area contributed by atoms with Gasteiger partial charge in [-0.1, -0.05) is 18.1 Å². The van der Waals surface area contributed by atoms with Crippen molar-refractivity contribution >= 4 is 5.82 Å². The number of allylic oxidation sites excluding steroid dienone is 1. The average Bonchev–Trinajstić information content (AvgIpc) is 2.55. The van der Waals surface area contributed by atoms with E-state index in [0.717, 1.165) is 11.1 Å². The summed E-state index contributed by atoms with van der Waals surface area (Å²) in [5, 5.41) is 9.53. The SMILES string of the molecule is CC1=C(C)[C@](C)(CO)C[C@H]1n1ccc(N)nc1=O. The number of nitrogens with two attached hydrogens (primary N) is 1. The standard InChI is InChI=1S/C13H19N3O2/c1-8-9(2)13(3,7-17)6-10(8)16-5-4-11(14)15-12(16)18/h4-5,10,17H,6-7H2,1-3H3,(H2,14,15,18)/t10-,13+/m1/s1.